The summed E-state index contributed by atoms with van der Waals surface area (Å²) in [6.45, 7) is 1.46. The average Bonchev–Trinajstić information content (AvgIpc) is 2.56. The second kappa shape index (κ2) is 10.0. The van der Waals surface area contributed by atoms with Gasteiger partial charge in [0.25, 0.3) is 0 Å². The van der Waals surface area contributed by atoms with Crippen molar-refractivity contribution >= 4 is 52.3 Å². The van der Waals surface area contributed by atoms with Crippen molar-refractivity contribution in [3.8, 4) is 0 Å². The molecule has 2 aromatic carbocycles. The summed E-state index contributed by atoms with van der Waals surface area (Å²) in [4.78, 5) is 0. The summed E-state index contributed by atoms with van der Waals surface area (Å²) >= 11 is 19.0. The molecule has 0 bridgehead atoms. The number of thioether (sulfide) groups is 1. The predicted octanol–water partition coefficient (Wildman–Crippen LogP) is 4.89. The zero-order chi connectivity index (χ0) is 16.5. The Hall–Kier alpha value is -0.940. The number of rotatable bonds is 7. The molecule has 0 spiro atoms. The quantitative estimate of drug-likeness (QED) is 0.524. The smallest absolute Gasteiger partial charge is 0.166 e. The standard InChI is InChI=1S/C17H18Cl2N2S2/c18-15-7-6-14(10-16(15)19)11-21-17(22)20-8-9-23-12-13-4-2-1-3-5-13/h1-7,10H,8-9,11-12H2,(H2,20,21,22). The molecule has 0 aliphatic carbocycles. The lowest BCUT2D eigenvalue weighted by Gasteiger charge is -2.11. The van der Waals surface area contributed by atoms with Crippen LogP contribution < -0.4 is 10.6 Å². The van der Waals surface area contributed by atoms with Gasteiger partial charge < -0.3 is 10.6 Å². The second-order valence-electron chi connectivity index (χ2n) is 4.90. The van der Waals surface area contributed by atoms with Gasteiger partial charge in [-0.15, -0.1) is 0 Å². The Morgan fingerprint density at radius 1 is 0.957 bits per heavy atom. The van der Waals surface area contributed by atoms with Crippen molar-refractivity contribution in [1.82, 2.24) is 10.6 Å². The van der Waals surface area contributed by atoms with Gasteiger partial charge in [0, 0.05) is 24.6 Å². The summed E-state index contributed by atoms with van der Waals surface area (Å²) in [5.41, 5.74) is 2.39. The van der Waals surface area contributed by atoms with Gasteiger partial charge in [0.05, 0.1) is 10.0 Å². The van der Waals surface area contributed by atoms with Crippen LogP contribution in [0, 0.1) is 0 Å². The Balaban J connectivity index is 1.59. The molecule has 0 fully saturated rings. The van der Waals surface area contributed by atoms with Crippen LogP contribution in [0.15, 0.2) is 48.5 Å². The number of halogens is 2. The zero-order valence-corrected chi connectivity index (χ0v) is 15.7. The zero-order valence-electron chi connectivity index (χ0n) is 12.5. The summed E-state index contributed by atoms with van der Waals surface area (Å²) in [6.07, 6.45) is 0. The third-order valence-corrected chi connectivity index (χ3v) is 5.14. The maximum absolute atomic E-state index is 5.99. The van der Waals surface area contributed by atoms with Crippen LogP contribution in [0.3, 0.4) is 0 Å². The van der Waals surface area contributed by atoms with Gasteiger partial charge in [-0.2, -0.15) is 11.8 Å². The molecule has 2 aromatic rings. The molecule has 0 amide bonds. The van der Waals surface area contributed by atoms with Gasteiger partial charge >= 0.3 is 0 Å². The minimum absolute atomic E-state index is 0.558. The van der Waals surface area contributed by atoms with E-state index in [0.717, 1.165) is 23.6 Å². The highest BCUT2D eigenvalue weighted by Gasteiger charge is 2.01. The highest BCUT2D eigenvalue weighted by molar-refractivity contribution is 7.98. The maximum Gasteiger partial charge on any atom is 0.166 e. The summed E-state index contributed by atoms with van der Waals surface area (Å²) in [5, 5.41) is 8.14. The topological polar surface area (TPSA) is 24.1 Å². The fraction of sp³-hybridized carbons (Fsp3) is 0.235. The van der Waals surface area contributed by atoms with Crippen molar-refractivity contribution in [1.29, 1.82) is 0 Å². The van der Waals surface area contributed by atoms with E-state index in [1.54, 1.807) is 6.07 Å². The van der Waals surface area contributed by atoms with Gasteiger partial charge in [-0.3, -0.25) is 0 Å². The van der Waals surface area contributed by atoms with Crippen molar-refractivity contribution in [2.24, 2.45) is 0 Å². The Kier molecular flexibility index (Phi) is 8.03. The van der Waals surface area contributed by atoms with Crippen LogP contribution in [0.5, 0.6) is 0 Å². The lowest BCUT2D eigenvalue weighted by atomic mass is 10.2. The fourth-order valence-electron chi connectivity index (χ4n) is 1.90. The van der Waals surface area contributed by atoms with Gasteiger partial charge in [-0.1, -0.05) is 59.6 Å². The van der Waals surface area contributed by atoms with Crippen LogP contribution in [-0.4, -0.2) is 17.4 Å². The Bertz CT molecular complexity index is 636. The van der Waals surface area contributed by atoms with E-state index in [0.29, 0.717) is 21.7 Å². The molecule has 0 atom stereocenters. The van der Waals surface area contributed by atoms with Crippen LogP contribution in [0.25, 0.3) is 0 Å². The summed E-state index contributed by atoms with van der Waals surface area (Å²) in [7, 11) is 0. The molecular weight excluding hydrogens is 367 g/mol. The molecule has 2 nitrogen and oxygen atoms in total. The first kappa shape index (κ1) is 18.4. The monoisotopic (exact) mass is 384 g/mol. The second-order valence-corrected chi connectivity index (χ2v) is 7.22. The van der Waals surface area contributed by atoms with Gasteiger partial charge in [-0.05, 0) is 35.5 Å². The molecule has 0 aliphatic heterocycles. The van der Waals surface area contributed by atoms with E-state index in [9.17, 15) is 0 Å². The van der Waals surface area contributed by atoms with E-state index in [1.807, 2.05) is 30.0 Å². The molecule has 2 N–H and O–H groups in total. The van der Waals surface area contributed by atoms with Gasteiger partial charge in [0.2, 0.25) is 0 Å². The summed E-state index contributed by atoms with van der Waals surface area (Å²) < 4.78 is 0. The minimum atomic E-state index is 0.558. The first-order valence-electron chi connectivity index (χ1n) is 7.22. The summed E-state index contributed by atoms with van der Waals surface area (Å²) in [6, 6.07) is 16.0. The van der Waals surface area contributed by atoms with Crippen LogP contribution in [0.4, 0.5) is 0 Å². The van der Waals surface area contributed by atoms with E-state index >= 15 is 0 Å². The Morgan fingerprint density at radius 2 is 1.74 bits per heavy atom. The number of hydrogen-bond donors (Lipinski definition) is 2. The molecule has 0 aromatic heterocycles. The number of nitrogens with one attached hydrogen (secondary N) is 2. The molecule has 23 heavy (non-hydrogen) atoms. The van der Waals surface area contributed by atoms with E-state index in [1.165, 1.54) is 5.56 Å². The van der Waals surface area contributed by atoms with E-state index in [2.05, 4.69) is 34.9 Å². The lowest BCUT2D eigenvalue weighted by molar-refractivity contribution is 0.858. The van der Waals surface area contributed by atoms with Gasteiger partial charge in [0.1, 0.15) is 0 Å². The highest BCUT2D eigenvalue weighted by atomic mass is 35.5. The van der Waals surface area contributed by atoms with Crippen LogP contribution in [-0.2, 0) is 12.3 Å². The molecule has 6 heteroatoms. The molecule has 0 heterocycles. The van der Waals surface area contributed by atoms with Gasteiger partial charge in [0.15, 0.2) is 5.11 Å². The van der Waals surface area contributed by atoms with E-state index in [-0.39, 0.29) is 0 Å². The number of benzene rings is 2. The Morgan fingerprint density at radius 3 is 2.48 bits per heavy atom. The molecule has 2 rings (SSSR count). The molecule has 0 unspecified atom stereocenters. The third kappa shape index (κ3) is 7.00. The minimum Gasteiger partial charge on any atom is -0.362 e. The molecule has 0 saturated heterocycles. The van der Waals surface area contributed by atoms with E-state index < -0.39 is 0 Å². The van der Waals surface area contributed by atoms with Gasteiger partial charge in [-0.25, -0.2) is 0 Å². The summed E-state index contributed by atoms with van der Waals surface area (Å²) in [5.74, 6) is 2.02. The van der Waals surface area contributed by atoms with E-state index in [4.69, 9.17) is 35.4 Å². The third-order valence-electron chi connectivity index (χ3n) is 3.08. The van der Waals surface area contributed by atoms with Crippen molar-refractivity contribution in [3.05, 3.63) is 69.7 Å². The van der Waals surface area contributed by atoms with Crippen LogP contribution >= 0.6 is 47.2 Å². The number of thiocarbonyl (C=S) groups is 1. The highest BCUT2D eigenvalue weighted by Crippen LogP contribution is 2.22. The first-order valence-corrected chi connectivity index (χ1v) is 9.54. The lowest BCUT2D eigenvalue weighted by Crippen LogP contribution is -2.36. The SMILES string of the molecule is S=C(NCCSCc1ccccc1)NCc1ccc(Cl)c(Cl)c1. The molecule has 0 saturated carbocycles. The van der Waals surface area contributed by atoms with Crippen LogP contribution in [0.1, 0.15) is 11.1 Å². The average molecular weight is 385 g/mol. The first-order chi connectivity index (χ1) is 11.1. The van der Waals surface area contributed by atoms with Crippen molar-refractivity contribution in [2.45, 2.75) is 12.3 Å². The Labute approximate surface area is 157 Å². The largest absolute Gasteiger partial charge is 0.362 e. The predicted molar refractivity (Wildman–Crippen MR) is 107 cm³/mol. The molecule has 0 radical (unpaired) electrons. The molecule has 122 valence electrons. The van der Waals surface area contributed by atoms with Crippen LogP contribution in [0.2, 0.25) is 10.0 Å². The van der Waals surface area contributed by atoms with Crippen molar-refractivity contribution in [2.75, 3.05) is 12.3 Å². The molecular formula is C17H18Cl2N2S2. The number of hydrogen-bond acceptors (Lipinski definition) is 2. The van der Waals surface area contributed by atoms with Crippen molar-refractivity contribution < 1.29 is 0 Å². The molecule has 0 aliphatic rings. The maximum atomic E-state index is 5.99. The normalized spacial score (nSPS) is 10.3. The fourth-order valence-corrected chi connectivity index (χ4v) is 3.21. The van der Waals surface area contributed by atoms with Crippen molar-refractivity contribution in [3.63, 3.8) is 0 Å².